The first-order valence-corrected chi connectivity index (χ1v) is 9.55. The number of anilines is 1. The van der Waals surface area contributed by atoms with Gasteiger partial charge in [0.1, 0.15) is 11.6 Å². The first-order chi connectivity index (χ1) is 14.3. The molecule has 0 radical (unpaired) electrons. The van der Waals surface area contributed by atoms with Gasteiger partial charge >= 0.3 is 5.97 Å². The summed E-state index contributed by atoms with van der Waals surface area (Å²) in [5, 5.41) is 2.81. The maximum atomic E-state index is 13.9. The molecule has 158 valence electrons. The predicted octanol–water partition coefficient (Wildman–Crippen LogP) is 3.55. The third-order valence-electron chi connectivity index (χ3n) is 5.24. The summed E-state index contributed by atoms with van der Waals surface area (Å²) < 4.78 is 31.7. The van der Waals surface area contributed by atoms with Crippen LogP contribution in [-0.4, -0.2) is 42.9 Å². The highest BCUT2D eigenvalue weighted by Crippen LogP contribution is 2.25. The van der Waals surface area contributed by atoms with Crippen LogP contribution in [0.3, 0.4) is 0 Å². The molecule has 0 unspecified atom stereocenters. The Morgan fingerprint density at radius 3 is 2.40 bits per heavy atom. The smallest absolute Gasteiger partial charge is 0.339 e. The molecule has 1 saturated heterocycles. The molecule has 6 nitrogen and oxygen atoms in total. The molecule has 2 aromatic rings. The van der Waals surface area contributed by atoms with E-state index in [0.29, 0.717) is 24.6 Å². The Balaban J connectivity index is 1.65. The van der Waals surface area contributed by atoms with Crippen molar-refractivity contribution in [2.45, 2.75) is 19.8 Å². The molecular weight excluding hydrogens is 394 g/mol. The van der Waals surface area contributed by atoms with Crippen molar-refractivity contribution in [3.8, 4) is 0 Å². The van der Waals surface area contributed by atoms with E-state index in [4.69, 9.17) is 4.74 Å². The highest BCUT2D eigenvalue weighted by molar-refractivity contribution is 6.03. The fraction of sp³-hybridized carbons (Fsp3) is 0.318. The van der Waals surface area contributed by atoms with Gasteiger partial charge in [-0.25, -0.2) is 13.6 Å². The average Bonchev–Trinajstić information content (AvgIpc) is 2.74. The number of carbonyl (C=O) groups is 3. The zero-order chi connectivity index (χ0) is 21.8. The van der Waals surface area contributed by atoms with Crippen LogP contribution in [0.5, 0.6) is 0 Å². The van der Waals surface area contributed by atoms with E-state index in [1.165, 1.54) is 12.0 Å². The SMILES string of the molecule is COC(=O)c1cccc(C)c1NC(=O)C1CCN(C(=O)c2ccc(F)cc2F)CC1. The number of benzene rings is 2. The van der Waals surface area contributed by atoms with Gasteiger partial charge in [0.25, 0.3) is 5.91 Å². The maximum Gasteiger partial charge on any atom is 0.339 e. The molecule has 1 aliphatic heterocycles. The van der Waals surface area contributed by atoms with Crippen LogP contribution in [0.1, 0.15) is 39.1 Å². The molecule has 1 N–H and O–H groups in total. The second-order valence-corrected chi connectivity index (χ2v) is 7.17. The molecule has 0 saturated carbocycles. The van der Waals surface area contributed by atoms with Crippen molar-refractivity contribution < 1.29 is 27.9 Å². The fourth-order valence-electron chi connectivity index (χ4n) is 3.52. The third kappa shape index (κ3) is 4.48. The zero-order valence-corrected chi connectivity index (χ0v) is 16.7. The number of para-hydroxylation sites is 1. The molecule has 0 bridgehead atoms. The Hall–Kier alpha value is -3.29. The average molecular weight is 416 g/mol. The molecule has 1 fully saturated rings. The van der Waals surface area contributed by atoms with Crippen LogP contribution >= 0.6 is 0 Å². The van der Waals surface area contributed by atoms with Crippen LogP contribution in [0, 0.1) is 24.5 Å². The van der Waals surface area contributed by atoms with Crippen LogP contribution < -0.4 is 5.32 Å². The van der Waals surface area contributed by atoms with Crippen molar-refractivity contribution in [2.24, 2.45) is 5.92 Å². The molecule has 0 spiro atoms. The van der Waals surface area contributed by atoms with Crippen LogP contribution in [0.2, 0.25) is 0 Å². The molecule has 0 aromatic heterocycles. The topological polar surface area (TPSA) is 75.7 Å². The number of rotatable bonds is 4. The number of likely N-dealkylation sites (tertiary alicyclic amines) is 1. The number of halogens is 2. The van der Waals surface area contributed by atoms with Gasteiger partial charge in [0, 0.05) is 25.1 Å². The van der Waals surface area contributed by atoms with Crippen LogP contribution in [0.15, 0.2) is 36.4 Å². The minimum atomic E-state index is -0.908. The number of aryl methyl sites for hydroxylation is 1. The van der Waals surface area contributed by atoms with Crippen LogP contribution in [0.4, 0.5) is 14.5 Å². The van der Waals surface area contributed by atoms with Gasteiger partial charge in [-0.05, 0) is 43.5 Å². The number of hydrogen-bond acceptors (Lipinski definition) is 4. The van der Waals surface area contributed by atoms with E-state index in [0.717, 1.165) is 17.7 Å². The highest BCUT2D eigenvalue weighted by atomic mass is 19.1. The molecular formula is C22H22F2N2O4. The number of amides is 2. The molecule has 0 atom stereocenters. The minimum Gasteiger partial charge on any atom is -0.465 e. The lowest BCUT2D eigenvalue weighted by atomic mass is 9.94. The molecule has 1 heterocycles. The van der Waals surface area contributed by atoms with E-state index in [9.17, 15) is 23.2 Å². The molecule has 3 rings (SSSR count). The number of esters is 1. The summed E-state index contributed by atoms with van der Waals surface area (Å²) in [6.07, 6.45) is 0.777. The number of methoxy groups -OCH3 is 1. The van der Waals surface area contributed by atoms with Crippen molar-refractivity contribution in [3.05, 3.63) is 64.7 Å². The lowest BCUT2D eigenvalue weighted by Gasteiger charge is -2.31. The molecule has 2 amide bonds. The van der Waals surface area contributed by atoms with E-state index in [-0.39, 0.29) is 36.0 Å². The van der Waals surface area contributed by atoms with Crippen molar-refractivity contribution in [1.82, 2.24) is 4.90 Å². The van der Waals surface area contributed by atoms with E-state index >= 15 is 0 Å². The number of nitrogens with one attached hydrogen (secondary N) is 1. The standard InChI is InChI=1S/C22H22F2N2O4/c1-13-4-3-5-17(22(29)30-2)19(13)25-20(27)14-8-10-26(11-9-14)21(28)16-7-6-15(23)12-18(16)24/h3-7,12,14H,8-11H2,1-2H3,(H,25,27). The lowest BCUT2D eigenvalue weighted by Crippen LogP contribution is -2.41. The van der Waals surface area contributed by atoms with Gasteiger partial charge < -0.3 is 15.0 Å². The summed E-state index contributed by atoms with van der Waals surface area (Å²) >= 11 is 0. The Labute approximate surface area is 172 Å². The number of hydrogen-bond donors (Lipinski definition) is 1. The quantitative estimate of drug-likeness (QED) is 0.774. The van der Waals surface area contributed by atoms with E-state index in [1.54, 1.807) is 25.1 Å². The summed E-state index contributed by atoms with van der Waals surface area (Å²) in [7, 11) is 1.27. The van der Waals surface area contributed by atoms with Gasteiger partial charge in [0.05, 0.1) is 23.9 Å². The second kappa shape index (κ2) is 9.02. The van der Waals surface area contributed by atoms with Crippen molar-refractivity contribution in [3.63, 3.8) is 0 Å². The molecule has 8 heteroatoms. The first kappa shape index (κ1) is 21.4. The Kier molecular flexibility index (Phi) is 6.44. The van der Waals surface area contributed by atoms with Crippen molar-refractivity contribution in [1.29, 1.82) is 0 Å². The molecule has 30 heavy (non-hydrogen) atoms. The Morgan fingerprint density at radius 1 is 1.07 bits per heavy atom. The Morgan fingerprint density at radius 2 is 1.77 bits per heavy atom. The Bertz CT molecular complexity index is 985. The molecule has 0 aliphatic carbocycles. The number of nitrogens with zero attached hydrogens (tertiary/aromatic N) is 1. The van der Waals surface area contributed by atoms with E-state index < -0.39 is 23.5 Å². The van der Waals surface area contributed by atoms with Crippen LogP contribution in [0.25, 0.3) is 0 Å². The van der Waals surface area contributed by atoms with Gasteiger partial charge in [-0.15, -0.1) is 0 Å². The van der Waals surface area contributed by atoms with Crippen LogP contribution in [-0.2, 0) is 9.53 Å². The van der Waals surface area contributed by atoms with Gasteiger partial charge in [-0.3, -0.25) is 9.59 Å². The van der Waals surface area contributed by atoms with Crippen molar-refractivity contribution >= 4 is 23.5 Å². The normalized spacial score (nSPS) is 14.3. The largest absolute Gasteiger partial charge is 0.465 e. The van der Waals surface area contributed by atoms with E-state index in [1.807, 2.05) is 0 Å². The predicted molar refractivity (Wildman–Crippen MR) is 106 cm³/mol. The summed E-state index contributed by atoms with van der Waals surface area (Å²) in [6.45, 7) is 2.32. The first-order valence-electron chi connectivity index (χ1n) is 9.55. The molecule has 2 aromatic carbocycles. The highest BCUT2D eigenvalue weighted by Gasteiger charge is 2.30. The van der Waals surface area contributed by atoms with Gasteiger partial charge in [0.2, 0.25) is 5.91 Å². The fourth-order valence-corrected chi connectivity index (χ4v) is 3.52. The number of piperidine rings is 1. The maximum absolute atomic E-state index is 13.9. The summed E-state index contributed by atoms with van der Waals surface area (Å²) in [4.78, 5) is 38.7. The number of carbonyl (C=O) groups excluding carboxylic acids is 3. The summed E-state index contributed by atoms with van der Waals surface area (Å²) in [5.41, 5.74) is 1.21. The minimum absolute atomic E-state index is 0.193. The monoisotopic (exact) mass is 416 g/mol. The van der Waals surface area contributed by atoms with Crippen molar-refractivity contribution in [2.75, 3.05) is 25.5 Å². The third-order valence-corrected chi connectivity index (χ3v) is 5.24. The van der Waals surface area contributed by atoms with Gasteiger partial charge in [-0.1, -0.05) is 12.1 Å². The lowest BCUT2D eigenvalue weighted by molar-refractivity contribution is -0.121. The summed E-state index contributed by atoms with van der Waals surface area (Å²) in [6, 6.07) is 7.90. The molecule has 1 aliphatic rings. The zero-order valence-electron chi connectivity index (χ0n) is 16.7. The van der Waals surface area contributed by atoms with Gasteiger partial charge in [-0.2, -0.15) is 0 Å². The van der Waals surface area contributed by atoms with Gasteiger partial charge in [0.15, 0.2) is 0 Å². The second-order valence-electron chi connectivity index (χ2n) is 7.17. The summed E-state index contributed by atoms with van der Waals surface area (Å²) in [5.74, 6) is -3.35. The van der Waals surface area contributed by atoms with E-state index in [2.05, 4.69) is 5.32 Å². The number of ether oxygens (including phenoxy) is 1.